The summed E-state index contributed by atoms with van der Waals surface area (Å²) >= 11 is 0. The van der Waals surface area contributed by atoms with Gasteiger partial charge in [0.05, 0.1) is 12.2 Å². The highest BCUT2D eigenvalue weighted by Gasteiger charge is 2.23. The fourth-order valence-corrected chi connectivity index (χ4v) is 3.20. The summed E-state index contributed by atoms with van der Waals surface area (Å²) in [5.41, 5.74) is 4.50. The molecule has 1 aromatic carbocycles. The zero-order valence-electron chi connectivity index (χ0n) is 15.1. The predicted molar refractivity (Wildman–Crippen MR) is 96.5 cm³/mol. The van der Waals surface area contributed by atoms with E-state index in [0.717, 1.165) is 11.3 Å². The van der Waals surface area contributed by atoms with E-state index in [2.05, 4.69) is 17.1 Å². The van der Waals surface area contributed by atoms with Crippen LogP contribution in [0.5, 0.6) is 0 Å². The zero-order valence-corrected chi connectivity index (χ0v) is 15.1. The number of carbonyl (C=O) groups is 1. The van der Waals surface area contributed by atoms with Crippen LogP contribution in [0.15, 0.2) is 24.3 Å². The first-order valence-electron chi connectivity index (χ1n) is 8.87. The number of rotatable bonds is 4. The Morgan fingerprint density at radius 2 is 1.96 bits per heavy atom. The van der Waals surface area contributed by atoms with Gasteiger partial charge in [0.1, 0.15) is 5.69 Å². The van der Waals surface area contributed by atoms with Crippen LogP contribution in [0.4, 0.5) is 8.78 Å². The number of hydrogen-bond acceptors (Lipinski definition) is 3. The average Bonchev–Trinajstić information content (AvgIpc) is 2.98. The van der Waals surface area contributed by atoms with Gasteiger partial charge < -0.3 is 4.90 Å². The molecule has 0 aliphatic carbocycles. The number of halogens is 2. The van der Waals surface area contributed by atoms with Gasteiger partial charge in [-0.25, -0.2) is 8.78 Å². The summed E-state index contributed by atoms with van der Waals surface area (Å²) in [5, 5.41) is 7.09. The molecule has 26 heavy (non-hydrogen) atoms. The lowest BCUT2D eigenvalue weighted by atomic mass is 10.0. The van der Waals surface area contributed by atoms with E-state index in [-0.39, 0.29) is 12.5 Å². The van der Waals surface area contributed by atoms with E-state index in [1.165, 1.54) is 11.1 Å². The van der Waals surface area contributed by atoms with E-state index >= 15 is 0 Å². The Labute approximate surface area is 152 Å². The maximum atomic E-state index is 12.7. The minimum atomic E-state index is -2.34. The van der Waals surface area contributed by atoms with E-state index in [0.29, 0.717) is 38.3 Å². The van der Waals surface area contributed by atoms with E-state index in [4.69, 9.17) is 0 Å². The van der Waals surface area contributed by atoms with Crippen LogP contribution in [0.1, 0.15) is 28.0 Å². The smallest absolute Gasteiger partial charge is 0.271 e. The first-order chi connectivity index (χ1) is 12.4. The summed E-state index contributed by atoms with van der Waals surface area (Å²) in [6, 6.07) is 7.83. The molecule has 140 valence electrons. The van der Waals surface area contributed by atoms with Crippen molar-refractivity contribution in [3.05, 3.63) is 41.1 Å². The number of nitrogens with one attached hydrogen (secondary N) is 1. The molecule has 0 atom stereocenters. The Morgan fingerprint density at radius 1 is 1.15 bits per heavy atom. The van der Waals surface area contributed by atoms with Crippen molar-refractivity contribution in [1.82, 2.24) is 20.0 Å². The van der Waals surface area contributed by atoms with Crippen LogP contribution in [-0.2, 0) is 0 Å². The normalized spacial score (nSPS) is 16.1. The monoisotopic (exact) mass is 362 g/mol. The highest BCUT2D eigenvalue weighted by molar-refractivity contribution is 5.93. The van der Waals surface area contributed by atoms with Gasteiger partial charge in [-0.15, -0.1) is 0 Å². The van der Waals surface area contributed by atoms with Crippen LogP contribution in [0.3, 0.4) is 0 Å². The molecule has 5 nitrogen and oxygen atoms in total. The van der Waals surface area contributed by atoms with Crippen molar-refractivity contribution in [3.63, 3.8) is 0 Å². The van der Waals surface area contributed by atoms with Gasteiger partial charge in [-0.05, 0) is 43.5 Å². The summed E-state index contributed by atoms with van der Waals surface area (Å²) in [6.45, 7) is 5.93. The molecule has 1 aromatic heterocycles. The van der Waals surface area contributed by atoms with E-state index in [1.54, 1.807) is 15.9 Å². The molecule has 1 saturated heterocycles. The number of benzene rings is 1. The number of aryl methyl sites for hydroxylation is 2. The summed E-state index contributed by atoms with van der Waals surface area (Å²) in [4.78, 5) is 16.2. The molecule has 2 heterocycles. The topological polar surface area (TPSA) is 52.2 Å². The van der Waals surface area contributed by atoms with Crippen molar-refractivity contribution < 1.29 is 13.6 Å². The number of amides is 1. The van der Waals surface area contributed by atoms with Gasteiger partial charge in [0.2, 0.25) is 0 Å². The van der Waals surface area contributed by atoms with Crippen molar-refractivity contribution in [2.75, 3.05) is 32.7 Å². The molecule has 0 unspecified atom stereocenters. The molecule has 0 bridgehead atoms. The van der Waals surface area contributed by atoms with Gasteiger partial charge in [-0.2, -0.15) is 5.10 Å². The Morgan fingerprint density at radius 3 is 2.69 bits per heavy atom. The fraction of sp³-hybridized carbons (Fsp3) is 0.474. The van der Waals surface area contributed by atoms with Gasteiger partial charge in [0.15, 0.2) is 0 Å². The lowest BCUT2D eigenvalue weighted by Crippen LogP contribution is -2.36. The quantitative estimate of drug-likeness (QED) is 0.909. The highest BCUT2D eigenvalue weighted by atomic mass is 19.3. The lowest BCUT2D eigenvalue weighted by molar-refractivity contribution is 0.0737. The third-order valence-corrected chi connectivity index (χ3v) is 4.88. The first-order valence-corrected chi connectivity index (χ1v) is 8.87. The fourth-order valence-electron chi connectivity index (χ4n) is 3.20. The van der Waals surface area contributed by atoms with Gasteiger partial charge in [-0.1, -0.05) is 12.1 Å². The van der Waals surface area contributed by atoms with Gasteiger partial charge in [0.25, 0.3) is 12.3 Å². The number of carbonyl (C=O) groups excluding carboxylic acids is 1. The molecule has 1 N–H and O–H groups in total. The maximum absolute atomic E-state index is 12.7. The minimum Gasteiger partial charge on any atom is -0.336 e. The second kappa shape index (κ2) is 7.95. The third kappa shape index (κ3) is 4.27. The Hall–Kier alpha value is -2.28. The molecule has 0 saturated carbocycles. The zero-order chi connectivity index (χ0) is 18.7. The second-order valence-electron chi connectivity index (χ2n) is 6.80. The van der Waals surface area contributed by atoms with Crippen LogP contribution in [-0.4, -0.2) is 65.1 Å². The SMILES string of the molecule is Cc1ccc(-c2cc(C(=O)N3CCCN(CC(F)F)CC3)[nH]n2)cc1C. The highest BCUT2D eigenvalue weighted by Crippen LogP contribution is 2.21. The molecule has 1 amide bonds. The molecular weight excluding hydrogens is 338 g/mol. The van der Waals surface area contributed by atoms with Gasteiger partial charge in [-0.3, -0.25) is 14.8 Å². The van der Waals surface area contributed by atoms with E-state index in [9.17, 15) is 13.6 Å². The number of hydrogen-bond donors (Lipinski definition) is 1. The van der Waals surface area contributed by atoms with Crippen LogP contribution >= 0.6 is 0 Å². The molecular formula is C19H24F2N4O. The van der Waals surface area contributed by atoms with Crippen molar-refractivity contribution in [2.45, 2.75) is 26.7 Å². The molecule has 1 fully saturated rings. The van der Waals surface area contributed by atoms with E-state index in [1.807, 2.05) is 25.1 Å². The minimum absolute atomic E-state index is 0.133. The Balaban J connectivity index is 1.68. The van der Waals surface area contributed by atoms with Crippen molar-refractivity contribution in [2.24, 2.45) is 0 Å². The number of H-pyrrole nitrogens is 1. The summed E-state index contributed by atoms with van der Waals surface area (Å²) in [6.07, 6.45) is -1.65. The largest absolute Gasteiger partial charge is 0.336 e. The summed E-state index contributed by atoms with van der Waals surface area (Å²) in [5.74, 6) is -0.133. The molecule has 2 aromatic rings. The van der Waals surface area contributed by atoms with Gasteiger partial charge >= 0.3 is 0 Å². The van der Waals surface area contributed by atoms with Crippen molar-refractivity contribution in [1.29, 1.82) is 0 Å². The van der Waals surface area contributed by atoms with Crippen LogP contribution in [0, 0.1) is 13.8 Å². The molecule has 0 radical (unpaired) electrons. The molecule has 3 rings (SSSR count). The Bertz CT molecular complexity index is 775. The first kappa shape index (κ1) is 18.5. The predicted octanol–water partition coefficient (Wildman–Crippen LogP) is 3.11. The van der Waals surface area contributed by atoms with Crippen LogP contribution in [0.25, 0.3) is 11.3 Å². The number of aromatic nitrogens is 2. The van der Waals surface area contributed by atoms with Crippen LogP contribution < -0.4 is 0 Å². The number of nitrogens with zero attached hydrogens (tertiary/aromatic N) is 3. The number of alkyl halides is 2. The Kier molecular flexibility index (Phi) is 5.66. The molecule has 1 aliphatic heterocycles. The summed E-state index contributed by atoms with van der Waals surface area (Å²) in [7, 11) is 0. The summed E-state index contributed by atoms with van der Waals surface area (Å²) < 4.78 is 25.1. The molecule has 7 heteroatoms. The molecule has 0 spiro atoms. The molecule has 1 aliphatic rings. The second-order valence-corrected chi connectivity index (χ2v) is 6.80. The van der Waals surface area contributed by atoms with Crippen LogP contribution in [0.2, 0.25) is 0 Å². The lowest BCUT2D eigenvalue weighted by Gasteiger charge is -2.21. The maximum Gasteiger partial charge on any atom is 0.271 e. The standard InChI is InChI=1S/C19H24F2N4O/c1-13-4-5-15(10-14(13)2)16-11-17(23-22-16)19(26)25-7-3-6-24(8-9-25)12-18(20)21/h4-5,10-11,18H,3,6-9,12H2,1-2H3,(H,22,23). The average molecular weight is 362 g/mol. The van der Waals surface area contributed by atoms with Crippen molar-refractivity contribution >= 4 is 5.91 Å². The van der Waals surface area contributed by atoms with E-state index < -0.39 is 6.43 Å². The van der Waals surface area contributed by atoms with Gasteiger partial charge in [0, 0.05) is 31.7 Å². The van der Waals surface area contributed by atoms with Crippen molar-refractivity contribution in [3.8, 4) is 11.3 Å². The number of aromatic amines is 1. The third-order valence-electron chi connectivity index (χ3n) is 4.88.